The SMILES string of the molecule is O=C1C=C(N2CCN(c3ccc(Br)cc3)CC2)C(=O)c2ccccc21. The van der Waals surface area contributed by atoms with Gasteiger partial charge in [0.15, 0.2) is 5.78 Å². The zero-order valence-corrected chi connectivity index (χ0v) is 15.2. The fraction of sp³-hybridized carbons (Fsp3) is 0.200. The van der Waals surface area contributed by atoms with Crippen molar-refractivity contribution in [3.63, 3.8) is 0 Å². The summed E-state index contributed by atoms with van der Waals surface area (Å²) < 4.78 is 1.06. The Hall–Kier alpha value is -2.40. The third-order valence-electron chi connectivity index (χ3n) is 4.75. The number of benzene rings is 2. The second-order valence-electron chi connectivity index (χ2n) is 6.22. The fourth-order valence-corrected chi connectivity index (χ4v) is 3.66. The van der Waals surface area contributed by atoms with Gasteiger partial charge in [0.25, 0.3) is 0 Å². The molecule has 0 aromatic heterocycles. The van der Waals surface area contributed by atoms with E-state index >= 15 is 0 Å². The second kappa shape index (κ2) is 6.48. The van der Waals surface area contributed by atoms with Gasteiger partial charge in [-0.3, -0.25) is 9.59 Å². The molecule has 0 radical (unpaired) electrons. The van der Waals surface area contributed by atoms with Crippen molar-refractivity contribution in [2.45, 2.75) is 0 Å². The topological polar surface area (TPSA) is 40.6 Å². The number of carbonyl (C=O) groups excluding carboxylic acids is 2. The van der Waals surface area contributed by atoms with Crippen molar-refractivity contribution < 1.29 is 9.59 Å². The first kappa shape index (κ1) is 16.1. The molecule has 0 unspecified atom stereocenters. The quantitative estimate of drug-likeness (QED) is 0.778. The summed E-state index contributed by atoms with van der Waals surface area (Å²) in [4.78, 5) is 29.4. The van der Waals surface area contributed by atoms with Crippen molar-refractivity contribution in [3.8, 4) is 0 Å². The van der Waals surface area contributed by atoms with E-state index in [1.165, 1.54) is 11.8 Å². The number of fused-ring (bicyclic) bond motifs is 1. The Labute approximate surface area is 154 Å². The molecule has 0 saturated carbocycles. The van der Waals surface area contributed by atoms with E-state index in [4.69, 9.17) is 0 Å². The zero-order chi connectivity index (χ0) is 17.4. The van der Waals surface area contributed by atoms with Crippen LogP contribution in [-0.4, -0.2) is 42.6 Å². The van der Waals surface area contributed by atoms with Crippen LogP contribution in [-0.2, 0) is 0 Å². The Morgan fingerprint density at radius 1 is 0.760 bits per heavy atom. The molecule has 0 spiro atoms. The molecule has 0 atom stereocenters. The summed E-state index contributed by atoms with van der Waals surface area (Å²) in [5.74, 6) is -0.132. The molecule has 2 aromatic rings. The van der Waals surface area contributed by atoms with Crippen molar-refractivity contribution in [3.05, 3.63) is 75.9 Å². The third kappa shape index (κ3) is 3.00. The van der Waals surface area contributed by atoms with E-state index in [2.05, 4.69) is 33.0 Å². The summed E-state index contributed by atoms with van der Waals surface area (Å²) in [6.07, 6.45) is 1.50. The zero-order valence-electron chi connectivity index (χ0n) is 13.6. The van der Waals surface area contributed by atoms with Gasteiger partial charge in [0.05, 0.1) is 5.70 Å². The minimum absolute atomic E-state index is 0.0488. The molecule has 1 aliphatic carbocycles. The lowest BCUT2D eigenvalue weighted by molar-refractivity contribution is 0.0948. The average molecular weight is 397 g/mol. The number of anilines is 1. The van der Waals surface area contributed by atoms with E-state index in [1.807, 2.05) is 17.0 Å². The Balaban J connectivity index is 1.50. The van der Waals surface area contributed by atoms with Crippen molar-refractivity contribution in [1.82, 2.24) is 4.90 Å². The van der Waals surface area contributed by atoms with Crippen LogP contribution >= 0.6 is 15.9 Å². The maximum Gasteiger partial charge on any atom is 0.209 e. The van der Waals surface area contributed by atoms with E-state index in [1.54, 1.807) is 24.3 Å². The molecule has 2 aliphatic rings. The highest BCUT2D eigenvalue weighted by Crippen LogP contribution is 2.26. The summed E-state index contributed by atoms with van der Waals surface area (Å²) in [7, 11) is 0. The lowest BCUT2D eigenvalue weighted by Gasteiger charge is -2.38. The Bertz CT molecular complexity index is 866. The summed E-state index contributed by atoms with van der Waals surface area (Å²) in [5, 5.41) is 0. The van der Waals surface area contributed by atoms with Gasteiger partial charge in [0.2, 0.25) is 5.78 Å². The van der Waals surface area contributed by atoms with Gasteiger partial charge in [-0.2, -0.15) is 0 Å². The number of hydrogen-bond acceptors (Lipinski definition) is 4. The molecule has 1 saturated heterocycles. The first-order valence-electron chi connectivity index (χ1n) is 8.29. The highest BCUT2D eigenvalue weighted by molar-refractivity contribution is 9.10. The van der Waals surface area contributed by atoms with E-state index in [-0.39, 0.29) is 11.6 Å². The van der Waals surface area contributed by atoms with E-state index < -0.39 is 0 Å². The Morgan fingerprint density at radius 3 is 2.04 bits per heavy atom. The van der Waals surface area contributed by atoms with Crippen molar-refractivity contribution in [2.75, 3.05) is 31.1 Å². The van der Waals surface area contributed by atoms with E-state index in [0.29, 0.717) is 16.8 Å². The Morgan fingerprint density at radius 2 is 1.36 bits per heavy atom. The number of allylic oxidation sites excluding steroid dienone is 2. The maximum absolute atomic E-state index is 12.8. The average Bonchev–Trinajstić information content (AvgIpc) is 2.66. The molecular formula is C20H17BrN2O2. The van der Waals surface area contributed by atoms with E-state index in [9.17, 15) is 9.59 Å². The van der Waals surface area contributed by atoms with Crippen LogP contribution in [0.15, 0.2) is 64.8 Å². The number of halogens is 1. The van der Waals surface area contributed by atoms with Crippen LogP contribution in [0.4, 0.5) is 5.69 Å². The third-order valence-corrected chi connectivity index (χ3v) is 5.28. The van der Waals surface area contributed by atoms with Crippen LogP contribution in [0.25, 0.3) is 0 Å². The molecule has 4 nitrogen and oxygen atoms in total. The Kier molecular flexibility index (Phi) is 4.17. The van der Waals surface area contributed by atoms with Gasteiger partial charge in [0, 0.05) is 53.5 Å². The molecule has 1 heterocycles. The van der Waals surface area contributed by atoms with Crippen molar-refractivity contribution >= 4 is 33.2 Å². The number of piperazine rings is 1. The maximum atomic E-state index is 12.8. The van der Waals surface area contributed by atoms with Gasteiger partial charge in [-0.1, -0.05) is 40.2 Å². The van der Waals surface area contributed by atoms with Crippen LogP contribution in [0.2, 0.25) is 0 Å². The van der Waals surface area contributed by atoms with Crippen LogP contribution < -0.4 is 4.90 Å². The molecule has 5 heteroatoms. The molecule has 1 aliphatic heterocycles. The van der Waals surface area contributed by atoms with Crippen molar-refractivity contribution in [2.24, 2.45) is 0 Å². The molecule has 0 N–H and O–H groups in total. The van der Waals surface area contributed by atoms with Gasteiger partial charge in [0.1, 0.15) is 0 Å². The van der Waals surface area contributed by atoms with Gasteiger partial charge in [-0.25, -0.2) is 0 Å². The molecule has 25 heavy (non-hydrogen) atoms. The molecule has 4 rings (SSSR count). The van der Waals surface area contributed by atoms with Crippen LogP contribution in [0.5, 0.6) is 0 Å². The lowest BCUT2D eigenvalue weighted by atomic mass is 9.92. The largest absolute Gasteiger partial charge is 0.368 e. The molecule has 1 fully saturated rings. The smallest absolute Gasteiger partial charge is 0.209 e. The number of carbonyl (C=O) groups is 2. The molecule has 0 bridgehead atoms. The van der Waals surface area contributed by atoms with Gasteiger partial charge in [-0.05, 0) is 24.3 Å². The molecule has 2 aromatic carbocycles. The monoisotopic (exact) mass is 396 g/mol. The highest BCUT2D eigenvalue weighted by Gasteiger charge is 2.30. The number of ketones is 2. The highest BCUT2D eigenvalue weighted by atomic mass is 79.9. The van der Waals surface area contributed by atoms with Crippen LogP contribution in [0, 0.1) is 0 Å². The van der Waals surface area contributed by atoms with Crippen LogP contribution in [0.3, 0.4) is 0 Å². The van der Waals surface area contributed by atoms with Gasteiger partial charge >= 0.3 is 0 Å². The minimum Gasteiger partial charge on any atom is -0.368 e. The lowest BCUT2D eigenvalue weighted by Crippen LogP contribution is -2.47. The standard InChI is InChI=1S/C20H17BrN2O2/c21-14-5-7-15(8-6-14)22-9-11-23(12-10-22)18-13-19(24)16-3-1-2-4-17(16)20(18)25/h1-8,13H,9-12H2. The fourth-order valence-electron chi connectivity index (χ4n) is 3.39. The van der Waals surface area contributed by atoms with Gasteiger partial charge in [-0.15, -0.1) is 0 Å². The summed E-state index contributed by atoms with van der Waals surface area (Å²) >= 11 is 3.45. The first-order valence-corrected chi connectivity index (χ1v) is 9.08. The normalized spacial score (nSPS) is 17.4. The minimum atomic E-state index is -0.0828. The number of nitrogens with zero attached hydrogens (tertiary/aromatic N) is 2. The second-order valence-corrected chi connectivity index (χ2v) is 7.13. The predicted octanol–water partition coefficient (Wildman–Crippen LogP) is 3.53. The molecule has 126 valence electrons. The van der Waals surface area contributed by atoms with Gasteiger partial charge < -0.3 is 9.80 Å². The summed E-state index contributed by atoms with van der Waals surface area (Å²) in [5.41, 5.74) is 2.72. The summed E-state index contributed by atoms with van der Waals surface area (Å²) in [6.45, 7) is 3.09. The summed E-state index contributed by atoms with van der Waals surface area (Å²) in [6, 6.07) is 15.3. The number of rotatable bonds is 2. The predicted molar refractivity (Wildman–Crippen MR) is 101 cm³/mol. The first-order chi connectivity index (χ1) is 12.1. The number of Topliss-reactive ketones (excluding diaryl/α,β-unsaturated/α-hetero) is 1. The molecule has 0 amide bonds. The van der Waals surface area contributed by atoms with E-state index in [0.717, 1.165) is 30.7 Å². The van der Waals surface area contributed by atoms with Crippen molar-refractivity contribution in [1.29, 1.82) is 0 Å². The number of hydrogen-bond donors (Lipinski definition) is 0. The van der Waals surface area contributed by atoms with Crippen LogP contribution in [0.1, 0.15) is 20.7 Å². The molecular weight excluding hydrogens is 380 g/mol.